The molecule has 4 nitrogen and oxygen atoms in total. The normalized spacial score (nSPS) is 11.5. The van der Waals surface area contributed by atoms with Crippen molar-refractivity contribution in [2.24, 2.45) is 0 Å². The maximum absolute atomic E-state index is 6.70. The molecule has 0 aliphatic heterocycles. The van der Waals surface area contributed by atoms with E-state index in [4.69, 9.17) is 19.4 Å². The number of fused-ring (bicyclic) bond motifs is 6. The molecule has 0 N–H and O–H groups in total. The number of furan rings is 1. The molecule has 4 heteroatoms. The number of hydrogen-bond donors (Lipinski definition) is 0. The lowest BCUT2D eigenvalue weighted by molar-refractivity contribution is 0.669. The predicted octanol–water partition coefficient (Wildman–Crippen LogP) is 12.4. The summed E-state index contributed by atoms with van der Waals surface area (Å²) in [5.74, 6) is 1.81. The molecule has 0 amide bonds. The Morgan fingerprint density at radius 1 is 0.314 bits per heavy atom. The van der Waals surface area contributed by atoms with Crippen LogP contribution in [0.4, 0.5) is 0 Å². The van der Waals surface area contributed by atoms with E-state index in [1.807, 2.05) is 36.4 Å². The maximum atomic E-state index is 6.70. The second-order valence-electron chi connectivity index (χ2n) is 12.8. The molecule has 0 aliphatic rings. The average Bonchev–Trinajstić information content (AvgIpc) is 3.60. The van der Waals surface area contributed by atoms with Gasteiger partial charge in [0.25, 0.3) is 0 Å². The van der Waals surface area contributed by atoms with E-state index in [-0.39, 0.29) is 0 Å². The first-order chi connectivity index (χ1) is 25.2. The summed E-state index contributed by atoms with van der Waals surface area (Å²) in [6, 6.07) is 61.0. The van der Waals surface area contributed by atoms with E-state index >= 15 is 0 Å². The second kappa shape index (κ2) is 11.9. The molecule has 10 aromatic rings. The highest BCUT2D eigenvalue weighted by molar-refractivity contribution is 6.23. The first-order valence-electron chi connectivity index (χ1n) is 17.1. The predicted molar refractivity (Wildman–Crippen MR) is 209 cm³/mol. The highest BCUT2D eigenvalue weighted by Crippen LogP contribution is 2.43. The van der Waals surface area contributed by atoms with Crippen LogP contribution in [0.25, 0.3) is 99.9 Å². The van der Waals surface area contributed by atoms with Crippen LogP contribution in [0, 0.1) is 0 Å². The Kier molecular flexibility index (Phi) is 6.78. The summed E-state index contributed by atoms with van der Waals surface area (Å²) in [6.45, 7) is 0. The summed E-state index contributed by atoms with van der Waals surface area (Å²) in [4.78, 5) is 15.6. The molecule has 0 unspecified atom stereocenters. The molecule has 51 heavy (non-hydrogen) atoms. The van der Waals surface area contributed by atoms with Crippen LogP contribution in [0.15, 0.2) is 180 Å². The monoisotopic (exact) mass is 651 g/mol. The zero-order chi connectivity index (χ0) is 33.7. The van der Waals surface area contributed by atoms with Gasteiger partial charge in [0.1, 0.15) is 11.2 Å². The van der Waals surface area contributed by atoms with Crippen LogP contribution in [-0.2, 0) is 0 Å². The van der Waals surface area contributed by atoms with Gasteiger partial charge >= 0.3 is 0 Å². The van der Waals surface area contributed by atoms with Crippen molar-refractivity contribution in [2.75, 3.05) is 0 Å². The first kappa shape index (κ1) is 29.0. The third-order valence-electron chi connectivity index (χ3n) is 9.68. The lowest BCUT2D eigenvalue weighted by atomic mass is 9.95. The van der Waals surface area contributed by atoms with E-state index in [0.29, 0.717) is 17.5 Å². The zero-order valence-corrected chi connectivity index (χ0v) is 27.5. The smallest absolute Gasteiger partial charge is 0.164 e. The van der Waals surface area contributed by atoms with Gasteiger partial charge in [-0.25, -0.2) is 15.0 Å². The number of aromatic nitrogens is 3. The largest absolute Gasteiger partial charge is 0.456 e. The molecule has 0 radical (unpaired) electrons. The topological polar surface area (TPSA) is 51.8 Å². The molecule has 0 fully saturated rings. The van der Waals surface area contributed by atoms with Gasteiger partial charge in [0, 0.05) is 27.5 Å². The van der Waals surface area contributed by atoms with Crippen LogP contribution in [0.2, 0.25) is 0 Å². The van der Waals surface area contributed by atoms with Crippen molar-refractivity contribution in [1.29, 1.82) is 0 Å². The zero-order valence-electron chi connectivity index (χ0n) is 27.5. The third-order valence-corrected chi connectivity index (χ3v) is 9.68. The van der Waals surface area contributed by atoms with Crippen molar-refractivity contribution < 1.29 is 4.42 Å². The molecule has 2 heterocycles. The number of hydrogen-bond acceptors (Lipinski definition) is 4. The van der Waals surface area contributed by atoms with Gasteiger partial charge in [0.2, 0.25) is 0 Å². The summed E-state index contributed by atoms with van der Waals surface area (Å²) in [6.07, 6.45) is 0. The summed E-state index contributed by atoms with van der Waals surface area (Å²) >= 11 is 0. The van der Waals surface area contributed by atoms with Gasteiger partial charge in [-0.1, -0.05) is 146 Å². The van der Waals surface area contributed by atoms with Crippen molar-refractivity contribution >= 4 is 43.5 Å². The van der Waals surface area contributed by atoms with Gasteiger partial charge in [0.15, 0.2) is 17.5 Å². The maximum Gasteiger partial charge on any atom is 0.164 e. The molecule has 0 atom stereocenters. The molecular formula is C47H29N3O. The highest BCUT2D eigenvalue weighted by Gasteiger charge is 2.21. The molecule has 10 rings (SSSR count). The van der Waals surface area contributed by atoms with Crippen LogP contribution in [0.3, 0.4) is 0 Å². The minimum Gasteiger partial charge on any atom is -0.456 e. The Labute approximate surface area is 294 Å². The molecular weight excluding hydrogens is 623 g/mol. The van der Waals surface area contributed by atoms with Gasteiger partial charge in [0.05, 0.1) is 0 Å². The van der Waals surface area contributed by atoms with Gasteiger partial charge in [-0.2, -0.15) is 0 Å². The minimum absolute atomic E-state index is 0.590. The standard InChI is InChI=1S/C47H29N3O/c1-3-12-30(13-4-1)35-19-11-20-37(27-35)46-48-45(33-16-5-2-6-17-33)49-47(50-46)40-28-38(36-23-22-31-14-7-8-18-34(31)26-36)29-42-44(40)43-39-21-10-9-15-32(39)24-25-41(43)51-42/h1-29H. The van der Waals surface area contributed by atoms with Gasteiger partial charge in [-0.15, -0.1) is 0 Å². The quantitative estimate of drug-likeness (QED) is 0.186. The van der Waals surface area contributed by atoms with Crippen LogP contribution in [0.5, 0.6) is 0 Å². The Balaban J connectivity index is 1.27. The first-order valence-corrected chi connectivity index (χ1v) is 17.1. The fourth-order valence-electron chi connectivity index (χ4n) is 7.19. The third kappa shape index (κ3) is 5.13. The van der Waals surface area contributed by atoms with Crippen LogP contribution in [-0.4, -0.2) is 15.0 Å². The lowest BCUT2D eigenvalue weighted by Crippen LogP contribution is -2.01. The molecule has 0 saturated heterocycles. The van der Waals surface area contributed by atoms with Crippen LogP contribution < -0.4 is 0 Å². The number of benzene rings is 8. The van der Waals surface area contributed by atoms with E-state index in [1.54, 1.807) is 0 Å². The average molecular weight is 652 g/mol. The molecule has 238 valence electrons. The molecule has 2 aromatic heterocycles. The Hall–Kier alpha value is -6.91. The molecule has 0 bridgehead atoms. The van der Waals surface area contributed by atoms with E-state index < -0.39 is 0 Å². The van der Waals surface area contributed by atoms with Crippen molar-refractivity contribution in [2.45, 2.75) is 0 Å². The summed E-state index contributed by atoms with van der Waals surface area (Å²) in [7, 11) is 0. The molecule has 8 aromatic carbocycles. The molecule has 0 spiro atoms. The van der Waals surface area contributed by atoms with Crippen molar-refractivity contribution in [3.63, 3.8) is 0 Å². The van der Waals surface area contributed by atoms with Gasteiger partial charge < -0.3 is 4.42 Å². The van der Waals surface area contributed by atoms with E-state index in [2.05, 4.69) is 140 Å². The SMILES string of the molecule is c1ccc(-c2cccc(-c3nc(-c4ccccc4)nc(-c4cc(-c5ccc6ccccc6c5)cc5oc6ccc7ccccc7c6c45)n3)c2)cc1. The minimum atomic E-state index is 0.590. The fourth-order valence-corrected chi connectivity index (χ4v) is 7.19. The lowest BCUT2D eigenvalue weighted by Gasteiger charge is -2.12. The van der Waals surface area contributed by atoms with E-state index in [0.717, 1.165) is 71.7 Å². The number of rotatable bonds is 5. The van der Waals surface area contributed by atoms with Crippen LogP contribution in [0.1, 0.15) is 0 Å². The summed E-state index contributed by atoms with van der Waals surface area (Å²) < 4.78 is 6.70. The van der Waals surface area contributed by atoms with Gasteiger partial charge in [-0.05, 0) is 74.1 Å². The highest BCUT2D eigenvalue weighted by atomic mass is 16.3. The van der Waals surface area contributed by atoms with Crippen LogP contribution >= 0.6 is 0 Å². The van der Waals surface area contributed by atoms with Crippen molar-refractivity contribution in [3.05, 3.63) is 176 Å². The van der Waals surface area contributed by atoms with E-state index in [1.165, 1.54) is 10.8 Å². The van der Waals surface area contributed by atoms with Crippen molar-refractivity contribution in [1.82, 2.24) is 15.0 Å². The number of nitrogens with zero attached hydrogens (tertiary/aromatic N) is 3. The molecule has 0 aliphatic carbocycles. The van der Waals surface area contributed by atoms with E-state index in [9.17, 15) is 0 Å². The Morgan fingerprint density at radius 3 is 1.75 bits per heavy atom. The Bertz CT molecular complexity index is 2910. The van der Waals surface area contributed by atoms with Gasteiger partial charge in [-0.3, -0.25) is 0 Å². The van der Waals surface area contributed by atoms with Crippen molar-refractivity contribution in [3.8, 4) is 56.4 Å². The summed E-state index contributed by atoms with van der Waals surface area (Å²) in [5.41, 5.74) is 8.71. The second-order valence-corrected chi connectivity index (χ2v) is 12.8. The molecule has 0 saturated carbocycles. The summed E-state index contributed by atoms with van der Waals surface area (Å²) in [5, 5.41) is 6.69. The Morgan fingerprint density at radius 2 is 0.922 bits per heavy atom. The fraction of sp³-hybridized carbons (Fsp3) is 0.